The fourth-order valence-electron chi connectivity index (χ4n) is 3.82. The van der Waals surface area contributed by atoms with E-state index in [9.17, 15) is 13.6 Å². The minimum absolute atomic E-state index is 0.0768. The lowest BCUT2D eigenvalue weighted by atomic mass is 9.66. The smallest absolute Gasteiger partial charge is 0.253 e. The fourth-order valence-corrected chi connectivity index (χ4v) is 3.82. The third kappa shape index (κ3) is 4.37. The van der Waals surface area contributed by atoms with Crippen molar-refractivity contribution in [3.05, 3.63) is 17.8 Å². The molecule has 2 heterocycles. The first-order valence-electron chi connectivity index (χ1n) is 9.78. The van der Waals surface area contributed by atoms with Crippen molar-refractivity contribution in [3.8, 4) is 0 Å². The van der Waals surface area contributed by atoms with Crippen LogP contribution in [0.4, 0.5) is 14.6 Å². The van der Waals surface area contributed by atoms with E-state index in [-0.39, 0.29) is 18.0 Å². The number of fused-ring (bicyclic) bond motifs is 1. The molecule has 0 saturated heterocycles. The van der Waals surface area contributed by atoms with E-state index in [2.05, 4.69) is 20.6 Å². The number of carbonyl (C=O) groups excluding carboxylic acids is 1. The van der Waals surface area contributed by atoms with Crippen LogP contribution in [0.5, 0.6) is 0 Å². The minimum Gasteiger partial charge on any atom is -0.349 e. The SMILES string of the molecule is CC(NC1CCC(NC(=O)c2cnc3c(c2)[B]C(C2CC2)=N3)CC1)C(F)F. The lowest BCUT2D eigenvalue weighted by molar-refractivity contribution is 0.0894. The Hall–Kier alpha value is -1.83. The van der Waals surface area contributed by atoms with Gasteiger partial charge in [-0.05, 0) is 68.5 Å². The molecule has 2 N–H and O–H groups in total. The predicted octanol–water partition coefficient (Wildman–Crippen LogP) is 2.15. The van der Waals surface area contributed by atoms with Crippen LogP contribution in [0, 0.1) is 5.92 Å². The lowest BCUT2D eigenvalue weighted by Crippen LogP contribution is -2.46. The van der Waals surface area contributed by atoms with Gasteiger partial charge in [0.05, 0.1) is 11.6 Å². The van der Waals surface area contributed by atoms with Gasteiger partial charge in [-0.1, -0.05) is 0 Å². The van der Waals surface area contributed by atoms with Gasteiger partial charge in [0.25, 0.3) is 12.3 Å². The Labute approximate surface area is 158 Å². The summed E-state index contributed by atoms with van der Waals surface area (Å²) in [6.45, 7) is 1.51. The number of halogens is 2. The van der Waals surface area contributed by atoms with E-state index >= 15 is 0 Å². The van der Waals surface area contributed by atoms with E-state index < -0.39 is 12.5 Å². The van der Waals surface area contributed by atoms with E-state index in [1.54, 1.807) is 6.20 Å². The molecule has 8 heteroatoms. The molecular weight excluding hydrogens is 349 g/mol. The number of amides is 1. The Bertz CT molecular complexity index is 745. The Morgan fingerprint density at radius 2 is 1.89 bits per heavy atom. The molecule has 1 aromatic heterocycles. The van der Waals surface area contributed by atoms with Crippen LogP contribution in [0.2, 0.25) is 0 Å². The first-order chi connectivity index (χ1) is 13.0. The van der Waals surface area contributed by atoms with Gasteiger partial charge in [-0.2, -0.15) is 0 Å². The molecule has 1 atom stereocenters. The Morgan fingerprint density at radius 1 is 1.19 bits per heavy atom. The molecular formula is C19H24BF2N4O. The molecule has 1 aliphatic heterocycles. The lowest BCUT2D eigenvalue weighted by Gasteiger charge is -2.31. The van der Waals surface area contributed by atoms with Crippen molar-refractivity contribution in [1.29, 1.82) is 0 Å². The van der Waals surface area contributed by atoms with Gasteiger partial charge in [0.15, 0.2) is 0 Å². The number of pyridine rings is 1. The maximum absolute atomic E-state index is 12.6. The fraction of sp³-hybridized carbons (Fsp3) is 0.632. The molecule has 2 fully saturated rings. The average molecular weight is 373 g/mol. The van der Waals surface area contributed by atoms with Crippen LogP contribution in [0.3, 0.4) is 0 Å². The van der Waals surface area contributed by atoms with Crippen molar-refractivity contribution in [2.24, 2.45) is 10.9 Å². The van der Waals surface area contributed by atoms with Gasteiger partial charge < -0.3 is 10.6 Å². The molecule has 1 amide bonds. The van der Waals surface area contributed by atoms with Crippen LogP contribution in [-0.2, 0) is 0 Å². The standard InChI is InChI=1S/C19H24BF2N4O/c1-10(17(21)22)24-13-4-6-14(7-5-13)25-19(27)12-8-15-18(23-9-12)26-16(20-15)11-2-3-11/h8-11,13-14,17,24H,2-7H2,1H3,(H,25,27). The molecule has 0 aromatic carbocycles. The number of aliphatic imine (C=N–C) groups is 1. The van der Waals surface area contributed by atoms with Crippen molar-refractivity contribution < 1.29 is 13.6 Å². The van der Waals surface area contributed by atoms with E-state index in [1.165, 1.54) is 19.8 Å². The maximum Gasteiger partial charge on any atom is 0.253 e. The summed E-state index contributed by atoms with van der Waals surface area (Å²) in [5.74, 6) is 1.14. The highest BCUT2D eigenvalue weighted by molar-refractivity contribution is 6.88. The van der Waals surface area contributed by atoms with E-state index in [0.29, 0.717) is 17.3 Å². The van der Waals surface area contributed by atoms with Crippen molar-refractivity contribution in [2.45, 2.75) is 70.0 Å². The van der Waals surface area contributed by atoms with Crippen molar-refractivity contribution in [2.75, 3.05) is 0 Å². The number of alkyl halides is 2. The van der Waals surface area contributed by atoms with Crippen molar-refractivity contribution >= 4 is 30.1 Å². The second kappa shape index (κ2) is 7.66. The molecule has 5 nitrogen and oxygen atoms in total. The highest BCUT2D eigenvalue weighted by atomic mass is 19.3. The van der Waals surface area contributed by atoms with E-state index in [1.807, 2.05) is 13.3 Å². The van der Waals surface area contributed by atoms with Gasteiger partial charge in [0, 0.05) is 18.3 Å². The minimum atomic E-state index is -2.35. The van der Waals surface area contributed by atoms with Crippen molar-refractivity contribution in [1.82, 2.24) is 15.6 Å². The zero-order valence-corrected chi connectivity index (χ0v) is 15.4. The zero-order valence-electron chi connectivity index (χ0n) is 15.4. The summed E-state index contributed by atoms with van der Waals surface area (Å²) >= 11 is 0. The van der Waals surface area contributed by atoms with Crippen molar-refractivity contribution in [3.63, 3.8) is 0 Å². The molecule has 143 valence electrons. The summed E-state index contributed by atoms with van der Waals surface area (Å²) in [6.07, 6.45) is 4.76. The molecule has 1 aromatic rings. The van der Waals surface area contributed by atoms with Crippen LogP contribution in [0.15, 0.2) is 17.3 Å². The maximum atomic E-state index is 12.6. The molecule has 0 bridgehead atoms. The highest BCUT2D eigenvalue weighted by Gasteiger charge is 2.32. The van der Waals surface area contributed by atoms with Gasteiger partial charge in [0.1, 0.15) is 5.82 Å². The monoisotopic (exact) mass is 373 g/mol. The summed E-state index contributed by atoms with van der Waals surface area (Å²) in [4.78, 5) is 21.4. The molecule has 2 aliphatic carbocycles. The molecule has 0 spiro atoms. The highest BCUT2D eigenvalue weighted by Crippen LogP contribution is 2.33. The molecule has 2 saturated carbocycles. The van der Waals surface area contributed by atoms with Gasteiger partial charge in [-0.25, -0.2) is 18.8 Å². The average Bonchev–Trinajstić information content (AvgIpc) is 3.41. The van der Waals surface area contributed by atoms with E-state index in [4.69, 9.17) is 0 Å². The number of nitrogens with one attached hydrogen (secondary N) is 2. The molecule has 1 unspecified atom stereocenters. The molecule has 27 heavy (non-hydrogen) atoms. The summed E-state index contributed by atoms with van der Waals surface area (Å²) < 4.78 is 25.3. The summed E-state index contributed by atoms with van der Waals surface area (Å²) in [5.41, 5.74) is 2.54. The first-order valence-corrected chi connectivity index (χ1v) is 9.78. The van der Waals surface area contributed by atoms with Gasteiger partial charge >= 0.3 is 0 Å². The Balaban J connectivity index is 1.28. The quantitative estimate of drug-likeness (QED) is 0.751. The number of carbonyl (C=O) groups is 1. The number of rotatable bonds is 6. The normalized spacial score (nSPS) is 25.6. The topological polar surface area (TPSA) is 66.4 Å². The van der Waals surface area contributed by atoms with Crippen LogP contribution in [0.25, 0.3) is 0 Å². The second-order valence-electron chi connectivity index (χ2n) is 7.90. The summed E-state index contributed by atoms with van der Waals surface area (Å²) in [7, 11) is 2.04. The Kier molecular flexibility index (Phi) is 5.26. The third-order valence-corrected chi connectivity index (χ3v) is 5.63. The van der Waals surface area contributed by atoms with Crippen LogP contribution in [0.1, 0.15) is 55.8 Å². The van der Waals surface area contributed by atoms with Crippen LogP contribution >= 0.6 is 0 Å². The van der Waals surface area contributed by atoms with Gasteiger partial charge in [0.2, 0.25) is 7.28 Å². The van der Waals surface area contributed by atoms with Gasteiger partial charge in [-0.3, -0.25) is 4.79 Å². The van der Waals surface area contributed by atoms with Crippen LogP contribution < -0.4 is 16.1 Å². The van der Waals surface area contributed by atoms with Crippen LogP contribution in [-0.4, -0.2) is 48.3 Å². The number of hydrogen-bond donors (Lipinski definition) is 2. The Morgan fingerprint density at radius 3 is 2.56 bits per heavy atom. The zero-order chi connectivity index (χ0) is 19.0. The third-order valence-electron chi connectivity index (χ3n) is 5.63. The first kappa shape index (κ1) is 18.5. The molecule has 4 rings (SSSR count). The largest absolute Gasteiger partial charge is 0.349 e. The van der Waals surface area contributed by atoms with Gasteiger partial charge in [-0.15, -0.1) is 0 Å². The molecule has 1 radical (unpaired) electrons. The molecule has 3 aliphatic rings. The summed E-state index contributed by atoms with van der Waals surface area (Å²) in [5, 5.41) is 6.04. The van der Waals surface area contributed by atoms with E-state index in [0.717, 1.165) is 36.8 Å². The number of hydrogen-bond acceptors (Lipinski definition) is 4. The predicted molar refractivity (Wildman–Crippen MR) is 102 cm³/mol. The number of aromatic nitrogens is 1. The second-order valence-corrected chi connectivity index (χ2v) is 7.90. The summed E-state index contributed by atoms with van der Waals surface area (Å²) in [6, 6.07) is 1.23. The number of nitrogens with zero attached hydrogens (tertiary/aromatic N) is 2.